The number of hydrogen-bond donors (Lipinski definition) is 2. The number of ether oxygens (including phenoxy) is 3. The molecule has 0 spiro atoms. The largest absolute Gasteiger partial charge is 0.465 e. The molecule has 2 N–H and O–H groups in total. The zero-order valence-electron chi connectivity index (χ0n) is 20.2. The van der Waals surface area contributed by atoms with Crippen LogP contribution in [-0.4, -0.2) is 65.0 Å². The first-order chi connectivity index (χ1) is 18.3. The molecule has 0 bridgehead atoms. The molecule has 0 unspecified atom stereocenters. The van der Waals surface area contributed by atoms with Crippen molar-refractivity contribution in [3.8, 4) is 5.88 Å². The van der Waals surface area contributed by atoms with Gasteiger partial charge in [-0.2, -0.15) is 0 Å². The van der Waals surface area contributed by atoms with Crippen molar-refractivity contribution in [3.63, 3.8) is 0 Å². The fourth-order valence-electron chi connectivity index (χ4n) is 4.26. The molecule has 1 fully saturated rings. The minimum Gasteiger partial charge on any atom is -0.465 e. The average molecular weight is 526 g/mol. The highest BCUT2D eigenvalue weighted by Crippen LogP contribution is 2.28. The Hall–Kier alpha value is -4.75. The number of carbonyl (C=O) groups is 3. The fraction of sp³-hybridized carbons (Fsp3) is 0.333. The zero-order chi connectivity index (χ0) is 26.8. The molecule has 3 aromatic rings. The lowest BCUT2D eigenvalue weighted by Crippen LogP contribution is -2.31. The number of carbonyl (C=O) groups excluding carboxylic acids is 3. The Bertz CT molecular complexity index is 1490. The van der Waals surface area contributed by atoms with Crippen molar-refractivity contribution in [2.24, 2.45) is 7.05 Å². The Morgan fingerprint density at radius 1 is 1.26 bits per heavy atom. The fourth-order valence-corrected chi connectivity index (χ4v) is 4.26. The molecule has 3 amide bonds. The third-order valence-electron chi connectivity index (χ3n) is 6.12. The number of aromatic nitrogens is 3. The first-order valence-corrected chi connectivity index (χ1v) is 11.8. The molecule has 13 nitrogen and oxygen atoms in total. The van der Waals surface area contributed by atoms with Gasteiger partial charge >= 0.3 is 12.2 Å². The topological polar surface area (TPSA) is 154 Å². The van der Waals surface area contributed by atoms with Gasteiger partial charge in [-0.05, 0) is 23.6 Å². The van der Waals surface area contributed by atoms with Gasteiger partial charge in [0.15, 0.2) is 18.2 Å². The van der Waals surface area contributed by atoms with E-state index in [0.29, 0.717) is 17.3 Å². The van der Waals surface area contributed by atoms with Crippen LogP contribution < -0.4 is 25.8 Å². The van der Waals surface area contributed by atoms with Crippen molar-refractivity contribution in [1.82, 2.24) is 19.9 Å². The summed E-state index contributed by atoms with van der Waals surface area (Å²) in [6.45, 7) is 0.0537. The Morgan fingerprint density at radius 3 is 2.92 bits per heavy atom. The van der Waals surface area contributed by atoms with Gasteiger partial charge in [-0.1, -0.05) is 0 Å². The maximum Gasteiger partial charge on any atom is 0.415 e. The van der Waals surface area contributed by atoms with Gasteiger partial charge in [-0.15, -0.1) is 0 Å². The number of pyridine rings is 1. The van der Waals surface area contributed by atoms with Gasteiger partial charge in [0.1, 0.15) is 11.9 Å². The lowest BCUT2D eigenvalue weighted by Gasteiger charge is -2.18. The molecule has 4 heterocycles. The average Bonchev–Trinajstić information content (AvgIpc) is 3.27. The van der Waals surface area contributed by atoms with Crippen molar-refractivity contribution in [3.05, 3.63) is 52.2 Å². The molecule has 2 aliphatic heterocycles. The van der Waals surface area contributed by atoms with Crippen LogP contribution in [0.3, 0.4) is 0 Å². The summed E-state index contributed by atoms with van der Waals surface area (Å²) in [4.78, 5) is 57.4. The monoisotopic (exact) mass is 526 g/mol. The van der Waals surface area contributed by atoms with Gasteiger partial charge in [0.2, 0.25) is 0 Å². The zero-order valence-corrected chi connectivity index (χ0v) is 20.2. The number of benzene rings is 1. The predicted molar refractivity (Wildman–Crippen MR) is 131 cm³/mol. The lowest BCUT2D eigenvalue weighted by molar-refractivity contribution is -0.118. The van der Waals surface area contributed by atoms with Gasteiger partial charge in [0.05, 0.1) is 24.9 Å². The van der Waals surface area contributed by atoms with E-state index in [1.165, 1.54) is 27.8 Å². The summed E-state index contributed by atoms with van der Waals surface area (Å²) in [6, 6.07) is 5.93. The number of cyclic esters (lactones) is 1. The molecule has 5 rings (SSSR count). The van der Waals surface area contributed by atoms with Crippen LogP contribution in [0.1, 0.15) is 12.0 Å². The quantitative estimate of drug-likeness (QED) is 0.466. The normalized spacial score (nSPS) is 16.5. The van der Waals surface area contributed by atoms with Gasteiger partial charge in [0, 0.05) is 38.1 Å². The van der Waals surface area contributed by atoms with Gasteiger partial charge < -0.3 is 29.4 Å². The van der Waals surface area contributed by atoms with Crippen LogP contribution in [0.15, 0.2) is 35.3 Å². The van der Waals surface area contributed by atoms with E-state index in [9.17, 15) is 23.6 Å². The molecule has 2 aromatic heterocycles. The molecule has 0 saturated carbocycles. The van der Waals surface area contributed by atoms with E-state index in [-0.39, 0.29) is 67.3 Å². The standard InChI is InChI=1S/C24H23FN6O7/c1-30-19(33)5-3-13-2-4-16(25)15(20(13)30)7-9-36-23(34)26-8-6-14-11-31(24(35)38-14)17-10-27-22-21(28-17)29-18(32)12-37-22/h2-5,10,14H,6-9,11-12H2,1H3,(H,26,34)(H,28,29,32)/t14-/m0/s1. The Kier molecular flexibility index (Phi) is 6.77. The molecular formula is C24H23FN6O7. The van der Waals surface area contributed by atoms with Crippen molar-refractivity contribution in [2.75, 3.05) is 36.5 Å². The molecule has 38 heavy (non-hydrogen) atoms. The van der Waals surface area contributed by atoms with E-state index in [2.05, 4.69) is 20.6 Å². The highest BCUT2D eigenvalue weighted by molar-refractivity contribution is 5.94. The maximum atomic E-state index is 14.5. The Morgan fingerprint density at radius 2 is 2.08 bits per heavy atom. The lowest BCUT2D eigenvalue weighted by atomic mass is 10.1. The van der Waals surface area contributed by atoms with E-state index < -0.39 is 24.1 Å². The third kappa shape index (κ3) is 5.05. The smallest absolute Gasteiger partial charge is 0.415 e. The summed E-state index contributed by atoms with van der Waals surface area (Å²) in [5, 5.41) is 5.80. The van der Waals surface area contributed by atoms with Crippen LogP contribution in [0, 0.1) is 5.82 Å². The SMILES string of the molecule is Cn1c(=O)ccc2ccc(F)c(CCOC(=O)NCC[C@H]3CN(c4cnc5c(n4)NC(=O)CO5)C(=O)O3)c21. The summed E-state index contributed by atoms with van der Waals surface area (Å²) in [6.07, 6.45) is -0.158. The van der Waals surface area contributed by atoms with Crippen LogP contribution in [0.4, 0.5) is 25.6 Å². The van der Waals surface area contributed by atoms with Crippen LogP contribution in [0.5, 0.6) is 5.88 Å². The van der Waals surface area contributed by atoms with Crippen LogP contribution in [0.2, 0.25) is 0 Å². The number of hydrogen-bond acceptors (Lipinski definition) is 9. The number of halogens is 1. The number of aryl methyl sites for hydroxylation is 1. The van der Waals surface area contributed by atoms with Crippen molar-refractivity contribution in [2.45, 2.75) is 18.9 Å². The molecule has 0 radical (unpaired) electrons. The van der Waals surface area contributed by atoms with Crippen LogP contribution in [0.25, 0.3) is 10.9 Å². The number of alkyl carbamates (subject to hydrolysis) is 1. The summed E-state index contributed by atoms with van der Waals surface area (Å²) in [5.41, 5.74) is 0.464. The molecule has 0 aliphatic carbocycles. The summed E-state index contributed by atoms with van der Waals surface area (Å²) < 4.78 is 31.5. The maximum absolute atomic E-state index is 14.5. The molecule has 2 aliphatic rings. The minimum absolute atomic E-state index is 0.0798. The van der Waals surface area contributed by atoms with E-state index in [0.717, 1.165) is 0 Å². The Balaban J connectivity index is 1.10. The minimum atomic E-state index is -0.711. The molecule has 14 heteroatoms. The van der Waals surface area contributed by atoms with E-state index in [1.807, 2.05) is 0 Å². The summed E-state index contributed by atoms with van der Waals surface area (Å²) >= 11 is 0. The number of nitrogens with zero attached hydrogens (tertiary/aromatic N) is 4. The van der Waals surface area contributed by atoms with Crippen molar-refractivity contribution >= 4 is 40.6 Å². The molecular weight excluding hydrogens is 503 g/mol. The molecule has 1 atom stereocenters. The second-order valence-corrected chi connectivity index (χ2v) is 8.63. The number of rotatable bonds is 7. The highest BCUT2D eigenvalue weighted by Gasteiger charge is 2.34. The molecule has 1 aromatic carbocycles. The predicted octanol–water partition coefficient (Wildman–Crippen LogP) is 1.48. The number of amides is 3. The highest BCUT2D eigenvalue weighted by atomic mass is 19.1. The van der Waals surface area contributed by atoms with Crippen molar-refractivity contribution in [1.29, 1.82) is 0 Å². The van der Waals surface area contributed by atoms with E-state index >= 15 is 0 Å². The molecule has 198 valence electrons. The summed E-state index contributed by atoms with van der Waals surface area (Å²) in [5.74, 6) is -0.407. The Labute approximate surface area is 214 Å². The molecule has 1 saturated heterocycles. The van der Waals surface area contributed by atoms with Gasteiger partial charge in [0.25, 0.3) is 17.3 Å². The second kappa shape index (κ2) is 10.3. The van der Waals surface area contributed by atoms with E-state index in [1.54, 1.807) is 19.2 Å². The first-order valence-electron chi connectivity index (χ1n) is 11.8. The van der Waals surface area contributed by atoms with Gasteiger partial charge in [-0.25, -0.2) is 23.9 Å². The number of anilines is 2. The van der Waals surface area contributed by atoms with Crippen LogP contribution >= 0.6 is 0 Å². The number of nitrogens with one attached hydrogen (secondary N) is 2. The van der Waals surface area contributed by atoms with Crippen molar-refractivity contribution < 1.29 is 33.0 Å². The first kappa shape index (κ1) is 24.9. The third-order valence-corrected chi connectivity index (χ3v) is 6.12. The number of fused-ring (bicyclic) bond motifs is 2. The van der Waals surface area contributed by atoms with Crippen LogP contribution in [-0.2, 0) is 27.7 Å². The summed E-state index contributed by atoms with van der Waals surface area (Å²) in [7, 11) is 1.56. The second-order valence-electron chi connectivity index (χ2n) is 8.63. The van der Waals surface area contributed by atoms with E-state index in [4.69, 9.17) is 14.2 Å². The van der Waals surface area contributed by atoms with Gasteiger partial charge in [-0.3, -0.25) is 14.5 Å².